The van der Waals surface area contributed by atoms with Crippen molar-refractivity contribution in [3.8, 4) is 11.1 Å². The van der Waals surface area contributed by atoms with Gasteiger partial charge in [-0.05, 0) is 70.3 Å². The third-order valence-electron chi connectivity index (χ3n) is 6.51. The first-order valence-corrected chi connectivity index (χ1v) is 14.7. The Kier molecular flexibility index (Phi) is 8.42. The number of hydrogen-bond donors (Lipinski definition) is 2. The van der Waals surface area contributed by atoms with Gasteiger partial charge in [0.2, 0.25) is 0 Å². The number of nitrogens with zero attached hydrogens (tertiary/aromatic N) is 2. The zero-order valence-electron chi connectivity index (χ0n) is 22.7. The molecule has 0 saturated carbocycles. The van der Waals surface area contributed by atoms with Crippen molar-refractivity contribution in [3.63, 3.8) is 0 Å². The van der Waals surface area contributed by atoms with Crippen molar-refractivity contribution in [2.24, 2.45) is 16.5 Å². The second kappa shape index (κ2) is 11.4. The first kappa shape index (κ1) is 27.4. The zero-order chi connectivity index (χ0) is 26.7. The smallest absolute Gasteiger partial charge is 0.113 e. The highest BCUT2D eigenvalue weighted by atomic mass is 32.2. The van der Waals surface area contributed by atoms with Gasteiger partial charge in [0.15, 0.2) is 0 Å². The first-order valence-electron chi connectivity index (χ1n) is 12.9. The summed E-state index contributed by atoms with van der Waals surface area (Å²) in [6.07, 6.45) is 2.54. The predicted octanol–water partition coefficient (Wildman–Crippen LogP) is 8.05. The maximum Gasteiger partial charge on any atom is 0.113 e. The number of fused-ring (bicyclic) bond motifs is 1. The molecule has 0 radical (unpaired) electrons. The van der Waals surface area contributed by atoms with E-state index in [9.17, 15) is 0 Å². The van der Waals surface area contributed by atoms with Gasteiger partial charge in [-0.15, -0.1) is 11.3 Å². The number of amidine groups is 1. The normalized spacial score (nSPS) is 12.7. The van der Waals surface area contributed by atoms with Gasteiger partial charge in [-0.3, -0.25) is 4.99 Å². The SMILES string of the molecule is CC(C)c1cc(-c2ccc3ccccc3c2)cc(C(C)C)c1CC(N)=NCSc1cnc(C(C)(C)N)s1. The molecule has 3 aromatic carbocycles. The number of aromatic nitrogens is 1. The second-order valence-corrected chi connectivity index (χ2v) is 13.1. The van der Waals surface area contributed by atoms with Gasteiger partial charge in [0.25, 0.3) is 0 Å². The minimum absolute atomic E-state index is 0.380. The summed E-state index contributed by atoms with van der Waals surface area (Å²) in [5.41, 5.74) is 18.8. The molecule has 0 bridgehead atoms. The molecule has 0 aliphatic carbocycles. The Morgan fingerprint density at radius 1 is 0.946 bits per heavy atom. The van der Waals surface area contributed by atoms with Crippen LogP contribution < -0.4 is 11.5 Å². The van der Waals surface area contributed by atoms with Gasteiger partial charge in [0.1, 0.15) is 5.01 Å². The Morgan fingerprint density at radius 2 is 1.59 bits per heavy atom. The Bertz CT molecular complexity index is 1380. The molecular weight excluding hydrogens is 493 g/mol. The molecule has 4 N–H and O–H groups in total. The molecule has 0 unspecified atom stereocenters. The maximum absolute atomic E-state index is 6.50. The monoisotopic (exact) mass is 530 g/mol. The number of thiazole rings is 1. The lowest BCUT2D eigenvalue weighted by Gasteiger charge is -2.22. The first-order chi connectivity index (χ1) is 17.5. The fraction of sp³-hybridized carbons (Fsp3) is 0.355. The van der Waals surface area contributed by atoms with Gasteiger partial charge >= 0.3 is 0 Å². The van der Waals surface area contributed by atoms with E-state index >= 15 is 0 Å². The summed E-state index contributed by atoms with van der Waals surface area (Å²) in [7, 11) is 0. The average molecular weight is 531 g/mol. The van der Waals surface area contributed by atoms with Crippen molar-refractivity contribution in [1.29, 1.82) is 0 Å². The van der Waals surface area contributed by atoms with Crippen LogP contribution in [0.1, 0.15) is 75.1 Å². The summed E-state index contributed by atoms with van der Waals surface area (Å²) in [5, 5.41) is 3.46. The summed E-state index contributed by atoms with van der Waals surface area (Å²) in [5.74, 6) is 2.00. The summed E-state index contributed by atoms with van der Waals surface area (Å²) >= 11 is 3.28. The molecule has 1 heterocycles. The molecule has 0 atom stereocenters. The van der Waals surface area contributed by atoms with Crippen LogP contribution >= 0.6 is 23.1 Å². The van der Waals surface area contributed by atoms with E-state index in [0.29, 0.717) is 30.0 Å². The van der Waals surface area contributed by atoms with Crippen LogP contribution in [0.4, 0.5) is 0 Å². The Hall–Kier alpha value is -2.67. The average Bonchev–Trinajstić information content (AvgIpc) is 3.33. The van der Waals surface area contributed by atoms with E-state index < -0.39 is 5.54 Å². The minimum atomic E-state index is -0.425. The van der Waals surface area contributed by atoms with Gasteiger partial charge < -0.3 is 11.5 Å². The maximum atomic E-state index is 6.50. The summed E-state index contributed by atoms with van der Waals surface area (Å²) in [4.78, 5) is 9.16. The van der Waals surface area contributed by atoms with Crippen LogP contribution in [-0.2, 0) is 12.0 Å². The molecule has 0 aliphatic rings. The lowest BCUT2D eigenvalue weighted by atomic mass is 9.83. The van der Waals surface area contributed by atoms with E-state index in [1.165, 1.54) is 38.6 Å². The fourth-order valence-corrected chi connectivity index (χ4v) is 6.31. The lowest BCUT2D eigenvalue weighted by Crippen LogP contribution is -2.28. The molecule has 4 aromatic rings. The molecule has 0 fully saturated rings. The second-order valence-electron chi connectivity index (χ2n) is 10.8. The molecular formula is C31H38N4S2. The molecule has 0 aliphatic heterocycles. The molecule has 4 rings (SSSR count). The van der Waals surface area contributed by atoms with Gasteiger partial charge in [-0.25, -0.2) is 4.98 Å². The van der Waals surface area contributed by atoms with Crippen LogP contribution in [0.5, 0.6) is 0 Å². The minimum Gasteiger partial charge on any atom is -0.387 e. The molecule has 6 heteroatoms. The van der Waals surface area contributed by atoms with E-state index in [-0.39, 0.29) is 0 Å². The Morgan fingerprint density at radius 3 is 2.19 bits per heavy atom. The van der Waals surface area contributed by atoms with Crippen molar-refractivity contribution in [2.75, 3.05) is 5.88 Å². The van der Waals surface area contributed by atoms with Crippen LogP contribution in [0.15, 0.2) is 70.0 Å². The number of benzene rings is 3. The van der Waals surface area contributed by atoms with Crippen molar-refractivity contribution in [1.82, 2.24) is 4.98 Å². The highest BCUT2D eigenvalue weighted by Crippen LogP contribution is 2.35. The van der Waals surface area contributed by atoms with Crippen molar-refractivity contribution >= 4 is 39.7 Å². The topological polar surface area (TPSA) is 77.3 Å². The van der Waals surface area contributed by atoms with Crippen molar-refractivity contribution in [3.05, 3.63) is 82.5 Å². The van der Waals surface area contributed by atoms with E-state index in [2.05, 4.69) is 87.3 Å². The number of rotatable bonds is 9. The fourth-order valence-electron chi connectivity index (χ4n) is 4.53. The molecule has 4 nitrogen and oxygen atoms in total. The van der Waals surface area contributed by atoms with Crippen LogP contribution in [0, 0.1) is 0 Å². The number of aliphatic imine (C=N–C) groups is 1. The molecule has 0 saturated heterocycles. The Labute approximate surface area is 229 Å². The molecule has 194 valence electrons. The van der Waals surface area contributed by atoms with Gasteiger partial charge in [-0.2, -0.15) is 0 Å². The molecule has 0 amide bonds. The van der Waals surface area contributed by atoms with E-state index in [1.54, 1.807) is 23.1 Å². The summed E-state index contributed by atoms with van der Waals surface area (Å²) in [6.45, 7) is 13.0. The highest BCUT2D eigenvalue weighted by Gasteiger charge is 2.19. The lowest BCUT2D eigenvalue weighted by molar-refractivity contribution is 0.550. The molecule has 37 heavy (non-hydrogen) atoms. The standard InChI is InChI=1S/C31H38N4S2/c1-19(2)25-14-24(23-12-11-21-9-7-8-10-22(21)13-23)15-26(20(3)4)27(25)16-28(32)35-18-36-29-17-34-30(37-29)31(5,6)33/h7-15,17,19-20H,16,18,33H2,1-6H3,(H2,32,35). The quantitative estimate of drug-likeness (QED) is 0.130. The molecule has 1 aromatic heterocycles. The third kappa shape index (κ3) is 6.61. The van der Waals surface area contributed by atoms with E-state index in [0.717, 1.165) is 9.22 Å². The van der Waals surface area contributed by atoms with Crippen LogP contribution in [-0.4, -0.2) is 16.7 Å². The largest absolute Gasteiger partial charge is 0.387 e. The third-order valence-corrected chi connectivity index (χ3v) is 8.90. The van der Waals surface area contributed by atoms with Crippen LogP contribution in [0.25, 0.3) is 21.9 Å². The predicted molar refractivity (Wildman–Crippen MR) is 163 cm³/mol. The summed E-state index contributed by atoms with van der Waals surface area (Å²) < 4.78 is 1.11. The molecule has 0 spiro atoms. The van der Waals surface area contributed by atoms with Gasteiger partial charge in [0, 0.05) is 6.42 Å². The number of hydrogen-bond acceptors (Lipinski definition) is 5. The van der Waals surface area contributed by atoms with Gasteiger partial charge in [-0.1, -0.05) is 88.0 Å². The zero-order valence-corrected chi connectivity index (χ0v) is 24.3. The summed E-state index contributed by atoms with van der Waals surface area (Å²) in [6, 6.07) is 20.0. The van der Waals surface area contributed by atoms with Crippen molar-refractivity contribution < 1.29 is 0 Å². The Balaban J connectivity index is 1.60. The van der Waals surface area contributed by atoms with Gasteiger partial charge in [0.05, 0.1) is 27.7 Å². The van der Waals surface area contributed by atoms with Crippen LogP contribution in [0.3, 0.4) is 0 Å². The number of nitrogens with two attached hydrogens (primary N) is 2. The van der Waals surface area contributed by atoms with E-state index in [1.807, 2.05) is 20.0 Å². The highest BCUT2D eigenvalue weighted by molar-refractivity contribution is 8.01. The van der Waals surface area contributed by atoms with Crippen molar-refractivity contribution in [2.45, 2.75) is 69.5 Å². The van der Waals surface area contributed by atoms with Crippen LogP contribution in [0.2, 0.25) is 0 Å². The van der Waals surface area contributed by atoms with E-state index in [4.69, 9.17) is 16.5 Å². The number of thioether (sulfide) groups is 1.